The number of rotatable bonds is 15. The molecule has 31 heteroatoms. The van der Waals surface area contributed by atoms with Crippen molar-refractivity contribution in [1.29, 1.82) is 0 Å². The number of ether oxygens (including phenoxy) is 2. The number of aromatic nitrogens is 3. The first kappa shape index (κ1) is 83.0. The molecule has 8 N–H and O–H groups in total. The first-order valence-corrected chi connectivity index (χ1v) is 32.6. The maximum Gasteiger partial charge on any atom is 1.00 e. The molecule has 3 aromatic heterocycles. The third-order valence-electron chi connectivity index (χ3n) is 15.7. The van der Waals surface area contributed by atoms with Crippen LogP contribution >= 0.6 is 50.7 Å². The fraction of sp³-hybridized carbons (Fsp3) is 0.178. The molecule has 0 amide bonds. The maximum absolute atomic E-state index is 14.2. The molecule has 0 fully saturated rings. The van der Waals surface area contributed by atoms with Gasteiger partial charge >= 0.3 is 36.8 Å². The Morgan fingerprint density at radius 3 is 1.06 bits per heavy atom. The van der Waals surface area contributed by atoms with Crippen LogP contribution in [0.15, 0.2) is 164 Å². The standard InChI is InChI=1S/C25H22ClF2N3O3.C23H18ClF2N3O3.C19H18BrClN2O3.C6H5F2N.Li.2H2O/c1-4-34-21(32)13-31-20-12-14(29-22-18(27)6-5-7-19(22)28)8-9-15(20)25(33)16-10-11-17(26)24(23(16)31)30(2)3;1-28(2)22-15(24)9-8-14-21(22)29(11-19(30)31)18-10-12(6-7-13(18)23(14)32)27-20-16(25)4-3-5-17(20)26;1-4-26-16(24)10-23-15-9-11(20)5-6-12(15)19(25)13-7-8-14(21)18(17(13)23)22(2)3;7-4-2-1-3-5(8)6(4)9;;;/h5-12,29H,4,13H2,1-3H3;3-10,27H,11H2,1-2H3,(H,30,31);5-9H,4,10H2,1-3H3;1-3H,9H2;;2*1H2/q;;;;+1;;/p-1. The van der Waals surface area contributed by atoms with E-state index in [0.29, 0.717) is 98.9 Å². The minimum atomic E-state index is -1.13. The van der Waals surface area contributed by atoms with Gasteiger partial charge in [0.2, 0.25) is 0 Å². The number of halogens is 10. The number of hydrogen-bond acceptors (Lipinski definition) is 15. The molecule has 0 spiro atoms. The van der Waals surface area contributed by atoms with Crippen LogP contribution in [0.4, 0.5) is 71.8 Å². The second-order valence-electron chi connectivity index (χ2n) is 23.0. The molecule has 12 aromatic rings. The Kier molecular flexibility index (Phi) is 28.3. The summed E-state index contributed by atoms with van der Waals surface area (Å²) in [7, 11) is 10.7. The van der Waals surface area contributed by atoms with Crippen molar-refractivity contribution in [3.63, 3.8) is 0 Å². The summed E-state index contributed by atoms with van der Waals surface area (Å²) in [5, 5.41) is 18.6. The van der Waals surface area contributed by atoms with Gasteiger partial charge in [0.25, 0.3) is 0 Å². The Hall–Kier alpha value is -9.95. The van der Waals surface area contributed by atoms with Crippen molar-refractivity contribution in [2.45, 2.75) is 33.5 Å². The smallest absolute Gasteiger partial charge is 0.870 e. The molecule has 0 saturated carbocycles. The van der Waals surface area contributed by atoms with Crippen LogP contribution in [0.1, 0.15) is 13.8 Å². The SMILES string of the molecule is CCOC(=O)Cn1c2cc(Br)ccc2c(=O)c2ccc(Cl)c(N(C)C)c21.CCOC(=O)Cn1c2cc(Nc3c(F)cccc3F)ccc2c(=O)c2ccc(Cl)c(N(C)C)c21.CN(C)c1c(Cl)ccc2c(=O)c3ccc(Nc4c(F)cccc4F)cc3n(CC(=O)O)c12.Nc1c(F)cccc1F.O.[Li+].[OH-]. The number of nitrogens with two attached hydrogens (primary N) is 1. The number of nitrogens with one attached hydrogen (secondary N) is 2. The van der Waals surface area contributed by atoms with Gasteiger partial charge in [0, 0.05) is 90.5 Å². The number of fused-ring (bicyclic) bond motifs is 6. The largest absolute Gasteiger partial charge is 1.00 e. The number of carboxylic acid groups (broad SMARTS) is 1. The third kappa shape index (κ3) is 17.6. The van der Waals surface area contributed by atoms with Crippen molar-refractivity contribution in [3.8, 4) is 0 Å². The summed E-state index contributed by atoms with van der Waals surface area (Å²) in [6, 6.07) is 34.9. The summed E-state index contributed by atoms with van der Waals surface area (Å²) in [5.41, 5.74) is 8.29. The average molecular weight is 1550 g/mol. The molecular formula is C73H66BrCl3F6LiN9O11. The molecule has 0 atom stereocenters. The van der Waals surface area contributed by atoms with E-state index in [-0.39, 0.29) is 99.7 Å². The summed E-state index contributed by atoms with van der Waals surface area (Å²) in [6.45, 7) is 3.28. The van der Waals surface area contributed by atoms with Crippen LogP contribution in [0.25, 0.3) is 65.4 Å². The summed E-state index contributed by atoms with van der Waals surface area (Å²) >= 11 is 22.7. The zero-order valence-corrected chi connectivity index (χ0v) is 60.9. The van der Waals surface area contributed by atoms with Crippen LogP contribution in [0.2, 0.25) is 15.1 Å². The van der Waals surface area contributed by atoms with Crippen LogP contribution in [0, 0.1) is 34.9 Å². The first-order valence-electron chi connectivity index (χ1n) is 30.7. The molecule has 9 aromatic carbocycles. The molecular weight excluding hydrogens is 1490 g/mol. The number of nitrogen functional groups attached to an aromatic ring is 1. The summed E-state index contributed by atoms with van der Waals surface area (Å²) in [5.74, 6) is -6.51. The van der Waals surface area contributed by atoms with Gasteiger partial charge in [0.1, 0.15) is 71.6 Å². The number of benzene rings is 9. The van der Waals surface area contributed by atoms with E-state index in [1.54, 1.807) is 122 Å². The molecule has 0 aliphatic rings. The minimum absolute atomic E-state index is 0. The third-order valence-corrected chi connectivity index (χ3v) is 17.1. The van der Waals surface area contributed by atoms with Crippen molar-refractivity contribution in [2.24, 2.45) is 0 Å². The summed E-state index contributed by atoms with van der Waals surface area (Å²) in [4.78, 5) is 81.5. The second kappa shape index (κ2) is 35.5. The molecule has 104 heavy (non-hydrogen) atoms. The fourth-order valence-corrected chi connectivity index (χ4v) is 12.7. The van der Waals surface area contributed by atoms with E-state index in [1.165, 1.54) is 41.0 Å². The number of esters is 2. The Bertz CT molecular complexity index is 5420. The van der Waals surface area contributed by atoms with E-state index in [0.717, 1.165) is 40.9 Å². The predicted molar refractivity (Wildman–Crippen MR) is 399 cm³/mol. The number of hydrogen-bond donors (Lipinski definition) is 4. The van der Waals surface area contributed by atoms with Gasteiger partial charge in [-0.15, -0.1) is 0 Å². The molecule has 3 heterocycles. The van der Waals surface area contributed by atoms with E-state index in [2.05, 4.69) is 26.6 Å². The maximum atomic E-state index is 14.2. The van der Waals surface area contributed by atoms with Gasteiger partial charge in [0.05, 0.1) is 78.4 Å². The monoisotopic (exact) mass is 1550 g/mol. The molecule has 540 valence electrons. The van der Waals surface area contributed by atoms with E-state index in [9.17, 15) is 60.2 Å². The molecule has 0 radical (unpaired) electrons. The van der Waals surface area contributed by atoms with Gasteiger partial charge in [-0.25, -0.2) is 26.3 Å². The number of carboxylic acids is 1. The Morgan fingerprint density at radius 2 is 0.760 bits per heavy atom. The van der Waals surface area contributed by atoms with Crippen molar-refractivity contribution in [2.75, 3.05) is 86.6 Å². The first-order chi connectivity index (χ1) is 48.0. The summed E-state index contributed by atoms with van der Waals surface area (Å²) in [6.07, 6.45) is 0. The molecule has 0 aliphatic carbocycles. The number of carbonyl (C=O) groups excluding carboxylic acids is 2. The quantitative estimate of drug-likeness (QED) is 0.0244. The van der Waals surface area contributed by atoms with E-state index < -0.39 is 59.1 Å². The molecule has 0 unspecified atom stereocenters. The number of para-hydroxylation sites is 3. The normalized spacial score (nSPS) is 10.7. The molecule has 12 rings (SSSR count). The minimum Gasteiger partial charge on any atom is -0.870 e. The molecule has 20 nitrogen and oxygen atoms in total. The Labute approximate surface area is 625 Å². The van der Waals surface area contributed by atoms with Crippen LogP contribution in [-0.4, -0.2) is 103 Å². The molecule has 0 saturated heterocycles. The number of aliphatic carboxylic acids is 1. The van der Waals surface area contributed by atoms with E-state index >= 15 is 0 Å². The van der Waals surface area contributed by atoms with Gasteiger partial charge in [-0.05, 0) is 141 Å². The average Bonchev–Trinajstić information content (AvgIpc) is 0.750. The van der Waals surface area contributed by atoms with Crippen molar-refractivity contribution >= 4 is 180 Å². The van der Waals surface area contributed by atoms with Gasteiger partial charge in [-0.1, -0.05) is 68.9 Å². The predicted octanol–water partition coefficient (Wildman–Crippen LogP) is 12.2. The zero-order chi connectivity index (χ0) is 73.6. The topological polar surface area (TPSA) is 277 Å². The summed E-state index contributed by atoms with van der Waals surface area (Å²) < 4.78 is 97.1. The van der Waals surface area contributed by atoms with Crippen molar-refractivity contribution in [1.82, 2.24) is 13.7 Å². The van der Waals surface area contributed by atoms with E-state index in [1.807, 2.05) is 31.1 Å². The Morgan fingerprint density at radius 1 is 0.471 bits per heavy atom. The van der Waals surface area contributed by atoms with Crippen LogP contribution < -0.4 is 66.2 Å². The van der Waals surface area contributed by atoms with Gasteiger partial charge in [0.15, 0.2) is 16.3 Å². The number of pyridine rings is 3. The Balaban J connectivity index is 0.000000229. The van der Waals surface area contributed by atoms with Crippen LogP contribution in [0.3, 0.4) is 0 Å². The van der Waals surface area contributed by atoms with Gasteiger partial charge in [-0.2, -0.15) is 0 Å². The number of carbonyl (C=O) groups is 3. The van der Waals surface area contributed by atoms with Crippen molar-refractivity contribution < 1.29 is 85.1 Å². The number of anilines is 8. The molecule has 0 aliphatic heterocycles. The van der Waals surface area contributed by atoms with Gasteiger partial charge in [-0.3, -0.25) is 28.8 Å². The van der Waals surface area contributed by atoms with Crippen molar-refractivity contribution in [3.05, 3.63) is 231 Å². The molecule has 0 bridgehead atoms. The second-order valence-corrected chi connectivity index (χ2v) is 25.2. The number of nitrogens with zero attached hydrogens (tertiary/aromatic N) is 6. The van der Waals surface area contributed by atoms with Crippen LogP contribution in [0.5, 0.6) is 0 Å². The van der Waals surface area contributed by atoms with Gasteiger partial charge < -0.3 is 70.3 Å². The fourth-order valence-electron chi connectivity index (χ4n) is 11.4. The van der Waals surface area contributed by atoms with E-state index in [4.69, 9.17) is 50.0 Å². The zero-order valence-electron chi connectivity index (χ0n) is 57.1. The van der Waals surface area contributed by atoms with Crippen LogP contribution in [-0.2, 0) is 43.5 Å².